The largest absolute Gasteiger partial charge is 0.490 e. The third-order valence-corrected chi connectivity index (χ3v) is 4.98. The number of fused-ring (bicyclic) bond motifs is 1. The number of hydrogen-bond donors (Lipinski definition) is 1. The van der Waals surface area contributed by atoms with E-state index in [1.54, 1.807) is 12.1 Å². The lowest BCUT2D eigenvalue weighted by atomic mass is 10.0. The molecule has 2 heterocycles. The molecule has 0 bridgehead atoms. The second kappa shape index (κ2) is 7.96. The molecule has 27 heavy (non-hydrogen) atoms. The van der Waals surface area contributed by atoms with Gasteiger partial charge in [0.25, 0.3) is 0 Å². The fraction of sp³-hybridized carbons (Fsp3) is 0.381. The third-order valence-electron chi connectivity index (χ3n) is 4.98. The molecule has 6 heteroatoms. The predicted molar refractivity (Wildman–Crippen MR) is 101 cm³/mol. The lowest BCUT2D eigenvalue weighted by molar-refractivity contribution is -0.117. The van der Waals surface area contributed by atoms with Gasteiger partial charge in [-0.3, -0.25) is 9.69 Å². The van der Waals surface area contributed by atoms with Crippen molar-refractivity contribution in [2.24, 2.45) is 0 Å². The van der Waals surface area contributed by atoms with Gasteiger partial charge in [-0.2, -0.15) is 0 Å². The number of ether oxygens (including phenoxy) is 2. The van der Waals surface area contributed by atoms with Crippen LogP contribution in [0.2, 0.25) is 0 Å². The Kier molecular flexibility index (Phi) is 5.25. The number of benzene rings is 2. The van der Waals surface area contributed by atoms with Crippen LogP contribution < -0.4 is 14.8 Å². The van der Waals surface area contributed by atoms with Crippen molar-refractivity contribution >= 4 is 11.6 Å². The van der Waals surface area contributed by atoms with E-state index in [2.05, 4.69) is 16.3 Å². The molecule has 4 rings (SSSR count). The second-order valence-corrected chi connectivity index (χ2v) is 6.94. The van der Waals surface area contributed by atoms with Crippen LogP contribution >= 0.6 is 0 Å². The van der Waals surface area contributed by atoms with Gasteiger partial charge in [0.2, 0.25) is 5.91 Å². The average molecular weight is 370 g/mol. The summed E-state index contributed by atoms with van der Waals surface area (Å²) in [5, 5.41) is 2.77. The summed E-state index contributed by atoms with van der Waals surface area (Å²) < 4.78 is 24.8. The average Bonchev–Trinajstić information content (AvgIpc) is 2.97. The van der Waals surface area contributed by atoms with Crippen LogP contribution in [0.25, 0.3) is 0 Å². The first-order chi connectivity index (χ1) is 13.2. The molecule has 142 valence electrons. The molecular formula is C21H23FN2O3. The van der Waals surface area contributed by atoms with Crippen LogP contribution in [0.5, 0.6) is 11.5 Å². The Morgan fingerprint density at radius 1 is 1.11 bits per heavy atom. The van der Waals surface area contributed by atoms with E-state index in [9.17, 15) is 9.18 Å². The van der Waals surface area contributed by atoms with Crippen LogP contribution in [-0.4, -0.2) is 37.1 Å². The molecule has 1 amide bonds. The molecule has 1 saturated heterocycles. The van der Waals surface area contributed by atoms with Crippen LogP contribution in [0.1, 0.15) is 30.9 Å². The van der Waals surface area contributed by atoms with Crippen LogP contribution in [-0.2, 0) is 4.79 Å². The number of hydrogen-bond acceptors (Lipinski definition) is 4. The first kappa shape index (κ1) is 17.8. The minimum absolute atomic E-state index is 0.137. The van der Waals surface area contributed by atoms with E-state index in [4.69, 9.17) is 9.47 Å². The standard InChI is InChI=1S/C21H23FN2O3/c22-16-4-1-5-17(13-16)23-21(25)14-24-9-2-6-18(24)15-7-8-19-20(12-15)27-11-3-10-26-19/h1,4-5,7-8,12-13,18H,2-3,6,9-11,14H2,(H,23,25)/t18-/m0/s1. The molecule has 0 spiro atoms. The Balaban J connectivity index is 1.44. The Hall–Kier alpha value is -2.60. The highest BCUT2D eigenvalue weighted by Crippen LogP contribution is 2.37. The van der Waals surface area contributed by atoms with Crippen molar-refractivity contribution in [2.75, 3.05) is 31.6 Å². The van der Waals surface area contributed by atoms with Crippen molar-refractivity contribution < 1.29 is 18.7 Å². The SMILES string of the molecule is O=C(CN1CCC[C@H]1c1ccc2c(c1)OCCCO2)Nc1cccc(F)c1. The zero-order valence-electron chi connectivity index (χ0n) is 15.1. The molecule has 1 N–H and O–H groups in total. The molecule has 1 atom stereocenters. The number of carbonyl (C=O) groups excluding carboxylic acids is 1. The smallest absolute Gasteiger partial charge is 0.238 e. The van der Waals surface area contributed by atoms with E-state index >= 15 is 0 Å². The van der Waals surface area contributed by atoms with Gasteiger partial charge >= 0.3 is 0 Å². The van der Waals surface area contributed by atoms with E-state index < -0.39 is 0 Å². The first-order valence-electron chi connectivity index (χ1n) is 9.38. The molecular weight excluding hydrogens is 347 g/mol. The van der Waals surface area contributed by atoms with E-state index in [1.807, 2.05) is 12.1 Å². The highest BCUT2D eigenvalue weighted by atomic mass is 19.1. The number of nitrogens with zero attached hydrogens (tertiary/aromatic N) is 1. The molecule has 2 aliphatic rings. The van der Waals surface area contributed by atoms with Gasteiger partial charge < -0.3 is 14.8 Å². The van der Waals surface area contributed by atoms with Crippen LogP contribution in [0.4, 0.5) is 10.1 Å². The topological polar surface area (TPSA) is 50.8 Å². The maximum absolute atomic E-state index is 13.3. The van der Waals surface area contributed by atoms with Gasteiger partial charge in [0, 0.05) is 18.2 Å². The normalized spacial score (nSPS) is 19.5. The number of anilines is 1. The Morgan fingerprint density at radius 3 is 2.81 bits per heavy atom. The summed E-state index contributed by atoms with van der Waals surface area (Å²) in [7, 11) is 0. The fourth-order valence-corrected chi connectivity index (χ4v) is 3.73. The molecule has 0 unspecified atom stereocenters. The van der Waals surface area contributed by atoms with Crippen LogP contribution in [0, 0.1) is 5.82 Å². The lowest BCUT2D eigenvalue weighted by Crippen LogP contribution is -2.33. The van der Waals surface area contributed by atoms with Gasteiger partial charge in [-0.25, -0.2) is 4.39 Å². The van der Waals surface area contributed by atoms with Crippen LogP contribution in [0.3, 0.4) is 0 Å². The summed E-state index contributed by atoms with van der Waals surface area (Å²) in [4.78, 5) is 14.6. The molecule has 1 fully saturated rings. The lowest BCUT2D eigenvalue weighted by Gasteiger charge is -2.25. The Bertz CT molecular complexity index is 827. The maximum Gasteiger partial charge on any atom is 0.238 e. The minimum Gasteiger partial charge on any atom is -0.490 e. The quantitative estimate of drug-likeness (QED) is 0.890. The van der Waals surface area contributed by atoms with Crippen molar-refractivity contribution in [3.8, 4) is 11.5 Å². The van der Waals surface area contributed by atoms with Crippen molar-refractivity contribution in [2.45, 2.75) is 25.3 Å². The van der Waals surface area contributed by atoms with Crippen molar-refractivity contribution in [1.82, 2.24) is 4.90 Å². The van der Waals surface area contributed by atoms with E-state index in [-0.39, 0.29) is 24.3 Å². The molecule has 2 aromatic rings. The van der Waals surface area contributed by atoms with Crippen molar-refractivity contribution in [3.05, 3.63) is 53.8 Å². The maximum atomic E-state index is 13.3. The molecule has 2 aromatic carbocycles. The van der Waals surface area contributed by atoms with Gasteiger partial charge in [0.15, 0.2) is 11.5 Å². The van der Waals surface area contributed by atoms with Gasteiger partial charge in [-0.1, -0.05) is 12.1 Å². The molecule has 0 aliphatic carbocycles. The van der Waals surface area contributed by atoms with E-state index in [0.717, 1.165) is 42.9 Å². The predicted octanol–water partition coefficient (Wildman–Crippen LogP) is 3.76. The van der Waals surface area contributed by atoms with Crippen molar-refractivity contribution in [3.63, 3.8) is 0 Å². The summed E-state index contributed by atoms with van der Waals surface area (Å²) in [6, 6.07) is 12.2. The van der Waals surface area contributed by atoms with Gasteiger partial charge in [0.05, 0.1) is 19.8 Å². The zero-order valence-corrected chi connectivity index (χ0v) is 15.1. The van der Waals surface area contributed by atoms with Gasteiger partial charge in [0.1, 0.15) is 5.82 Å². The van der Waals surface area contributed by atoms with E-state index in [1.165, 1.54) is 12.1 Å². The number of amides is 1. The van der Waals surface area contributed by atoms with Crippen molar-refractivity contribution in [1.29, 1.82) is 0 Å². The number of likely N-dealkylation sites (tertiary alicyclic amines) is 1. The Labute approximate surface area is 158 Å². The molecule has 5 nitrogen and oxygen atoms in total. The third kappa shape index (κ3) is 4.22. The second-order valence-electron chi connectivity index (χ2n) is 6.94. The van der Waals surface area contributed by atoms with Crippen LogP contribution in [0.15, 0.2) is 42.5 Å². The summed E-state index contributed by atoms with van der Waals surface area (Å²) >= 11 is 0. The molecule has 0 aromatic heterocycles. The summed E-state index contributed by atoms with van der Waals surface area (Å²) in [5.41, 5.74) is 1.61. The summed E-state index contributed by atoms with van der Waals surface area (Å²) in [6.45, 7) is 2.45. The number of nitrogens with one attached hydrogen (secondary N) is 1. The first-order valence-corrected chi connectivity index (χ1v) is 9.38. The zero-order chi connectivity index (χ0) is 18.6. The number of carbonyl (C=O) groups is 1. The summed E-state index contributed by atoms with van der Waals surface area (Å²) in [6.07, 6.45) is 2.90. The molecule has 0 saturated carbocycles. The minimum atomic E-state index is -0.362. The van der Waals surface area contributed by atoms with Gasteiger partial charge in [-0.05, 0) is 55.3 Å². The Morgan fingerprint density at radius 2 is 1.96 bits per heavy atom. The number of rotatable bonds is 4. The summed E-state index contributed by atoms with van der Waals surface area (Å²) in [5.74, 6) is 1.06. The molecule has 2 aliphatic heterocycles. The fourth-order valence-electron chi connectivity index (χ4n) is 3.73. The van der Waals surface area contributed by atoms with E-state index in [0.29, 0.717) is 18.9 Å². The van der Waals surface area contributed by atoms with Gasteiger partial charge in [-0.15, -0.1) is 0 Å². The highest BCUT2D eigenvalue weighted by Gasteiger charge is 2.28. The molecule has 0 radical (unpaired) electrons. The number of halogens is 1. The highest BCUT2D eigenvalue weighted by molar-refractivity contribution is 5.92. The monoisotopic (exact) mass is 370 g/mol.